The Morgan fingerprint density at radius 3 is 2.37 bits per heavy atom. The van der Waals surface area contributed by atoms with Crippen molar-refractivity contribution >= 4 is 21.8 Å². The van der Waals surface area contributed by atoms with E-state index in [1.54, 1.807) is 0 Å². The van der Waals surface area contributed by atoms with Gasteiger partial charge in [0.05, 0.1) is 5.60 Å². The highest BCUT2D eigenvalue weighted by atomic mass is 16.3. The lowest BCUT2D eigenvalue weighted by atomic mass is 9.96. The predicted octanol–water partition coefficient (Wildman–Crippen LogP) is 4.04. The summed E-state index contributed by atoms with van der Waals surface area (Å²) in [5, 5.41) is 12.7. The van der Waals surface area contributed by atoms with Gasteiger partial charge >= 0.3 is 0 Å². The van der Waals surface area contributed by atoms with Crippen molar-refractivity contribution in [3.05, 3.63) is 48.0 Å². The molecule has 0 saturated heterocycles. The molecule has 0 radical (unpaired) electrons. The van der Waals surface area contributed by atoms with Crippen LogP contribution in [0, 0.1) is 0 Å². The number of aromatic nitrogens is 1. The van der Waals surface area contributed by atoms with Crippen molar-refractivity contribution in [2.45, 2.75) is 32.9 Å². The van der Waals surface area contributed by atoms with Gasteiger partial charge in [-0.05, 0) is 44.5 Å². The van der Waals surface area contributed by atoms with Gasteiger partial charge in [-0.15, -0.1) is 0 Å². The molecule has 0 amide bonds. The molecule has 98 valence electrons. The van der Waals surface area contributed by atoms with Crippen LogP contribution in [0.25, 0.3) is 21.8 Å². The molecule has 1 N–H and O–H groups in total. The first-order valence-corrected chi connectivity index (χ1v) is 6.76. The minimum Gasteiger partial charge on any atom is -0.386 e. The summed E-state index contributed by atoms with van der Waals surface area (Å²) >= 11 is 0. The average molecular weight is 253 g/mol. The highest BCUT2D eigenvalue weighted by Crippen LogP contribution is 2.32. The molecule has 3 rings (SSSR count). The van der Waals surface area contributed by atoms with Crippen LogP contribution in [0.5, 0.6) is 0 Å². The van der Waals surface area contributed by atoms with E-state index in [0.29, 0.717) is 0 Å². The predicted molar refractivity (Wildman–Crippen MR) is 80.4 cm³/mol. The molecule has 0 saturated carbocycles. The summed E-state index contributed by atoms with van der Waals surface area (Å²) in [5.41, 5.74) is 2.65. The zero-order chi connectivity index (χ0) is 13.6. The number of hydrogen-bond donors (Lipinski definition) is 1. The van der Waals surface area contributed by atoms with Crippen molar-refractivity contribution in [1.82, 2.24) is 4.57 Å². The molecule has 0 aliphatic rings. The highest BCUT2D eigenvalue weighted by molar-refractivity contribution is 6.08. The number of fused-ring (bicyclic) bond motifs is 3. The Morgan fingerprint density at radius 1 is 1.00 bits per heavy atom. The standard InChI is InChI=1S/C17H19NO/c1-4-18-15-8-6-5-7-13(15)14-11-12(17(2,3)19)9-10-16(14)18/h5-11,19H,4H2,1-3H3. The van der Waals surface area contributed by atoms with Gasteiger partial charge in [0, 0.05) is 28.4 Å². The van der Waals surface area contributed by atoms with Gasteiger partial charge in [0.2, 0.25) is 0 Å². The Hall–Kier alpha value is -1.80. The summed E-state index contributed by atoms with van der Waals surface area (Å²) in [7, 11) is 0. The number of hydrogen-bond acceptors (Lipinski definition) is 1. The van der Waals surface area contributed by atoms with Crippen molar-refractivity contribution in [2.24, 2.45) is 0 Å². The number of para-hydroxylation sites is 1. The molecule has 0 aliphatic carbocycles. The molecule has 0 fully saturated rings. The fraction of sp³-hybridized carbons (Fsp3) is 0.294. The third-order valence-electron chi connectivity index (χ3n) is 3.80. The van der Waals surface area contributed by atoms with Gasteiger partial charge in [-0.3, -0.25) is 0 Å². The van der Waals surface area contributed by atoms with E-state index in [2.05, 4.69) is 47.9 Å². The Balaban J connectivity index is 2.43. The van der Waals surface area contributed by atoms with Crippen LogP contribution in [-0.2, 0) is 12.1 Å². The first kappa shape index (κ1) is 12.2. The number of aryl methyl sites for hydroxylation is 1. The quantitative estimate of drug-likeness (QED) is 0.732. The van der Waals surface area contributed by atoms with E-state index < -0.39 is 5.60 Å². The summed E-state index contributed by atoms with van der Waals surface area (Å²) in [4.78, 5) is 0. The molecule has 0 spiro atoms. The largest absolute Gasteiger partial charge is 0.386 e. The zero-order valence-electron chi connectivity index (χ0n) is 11.6. The van der Waals surface area contributed by atoms with Crippen molar-refractivity contribution < 1.29 is 5.11 Å². The fourth-order valence-corrected chi connectivity index (χ4v) is 2.77. The topological polar surface area (TPSA) is 25.2 Å². The van der Waals surface area contributed by atoms with Crippen LogP contribution >= 0.6 is 0 Å². The van der Waals surface area contributed by atoms with Crippen molar-refractivity contribution in [1.29, 1.82) is 0 Å². The van der Waals surface area contributed by atoms with Gasteiger partial charge in [-0.25, -0.2) is 0 Å². The lowest BCUT2D eigenvalue weighted by Gasteiger charge is -2.17. The van der Waals surface area contributed by atoms with E-state index in [-0.39, 0.29) is 0 Å². The van der Waals surface area contributed by atoms with Gasteiger partial charge in [0.25, 0.3) is 0 Å². The van der Waals surface area contributed by atoms with E-state index in [9.17, 15) is 5.11 Å². The van der Waals surface area contributed by atoms with Crippen LogP contribution < -0.4 is 0 Å². The number of nitrogens with zero attached hydrogens (tertiary/aromatic N) is 1. The minimum atomic E-state index is -0.802. The molecule has 1 aromatic heterocycles. The Kier molecular flexibility index (Phi) is 2.64. The van der Waals surface area contributed by atoms with E-state index in [1.807, 2.05) is 19.9 Å². The van der Waals surface area contributed by atoms with Crippen LogP contribution in [-0.4, -0.2) is 9.67 Å². The smallest absolute Gasteiger partial charge is 0.0840 e. The lowest BCUT2D eigenvalue weighted by Crippen LogP contribution is -2.15. The summed E-state index contributed by atoms with van der Waals surface area (Å²) in [6.45, 7) is 6.77. The van der Waals surface area contributed by atoms with Gasteiger partial charge in [0.1, 0.15) is 0 Å². The summed E-state index contributed by atoms with van der Waals surface area (Å²) in [6.07, 6.45) is 0. The molecule has 2 aromatic carbocycles. The molecule has 0 unspecified atom stereocenters. The minimum absolute atomic E-state index is 0.802. The number of rotatable bonds is 2. The zero-order valence-corrected chi connectivity index (χ0v) is 11.6. The maximum absolute atomic E-state index is 10.2. The van der Waals surface area contributed by atoms with Gasteiger partial charge in [0.15, 0.2) is 0 Å². The van der Waals surface area contributed by atoms with E-state index in [0.717, 1.165) is 12.1 Å². The summed E-state index contributed by atoms with van der Waals surface area (Å²) in [6, 6.07) is 14.7. The molecule has 19 heavy (non-hydrogen) atoms. The van der Waals surface area contributed by atoms with Crippen LogP contribution in [0.3, 0.4) is 0 Å². The van der Waals surface area contributed by atoms with Crippen LogP contribution in [0.15, 0.2) is 42.5 Å². The Labute approximate surface area is 113 Å². The van der Waals surface area contributed by atoms with Crippen LogP contribution in [0.2, 0.25) is 0 Å². The lowest BCUT2D eigenvalue weighted by molar-refractivity contribution is 0.0787. The first-order chi connectivity index (χ1) is 9.02. The summed E-state index contributed by atoms with van der Waals surface area (Å²) < 4.78 is 2.32. The second-order valence-corrected chi connectivity index (χ2v) is 5.55. The monoisotopic (exact) mass is 253 g/mol. The SMILES string of the molecule is CCn1c2ccccc2c2cc(C(C)(C)O)ccc21. The van der Waals surface area contributed by atoms with E-state index in [1.165, 1.54) is 21.8 Å². The molecule has 3 aromatic rings. The highest BCUT2D eigenvalue weighted by Gasteiger charge is 2.18. The molecule has 0 aliphatic heterocycles. The van der Waals surface area contributed by atoms with Crippen molar-refractivity contribution in [2.75, 3.05) is 0 Å². The number of benzene rings is 2. The second kappa shape index (κ2) is 4.10. The molecular weight excluding hydrogens is 234 g/mol. The molecule has 0 atom stereocenters. The summed E-state index contributed by atoms with van der Waals surface area (Å²) in [5.74, 6) is 0. The fourth-order valence-electron chi connectivity index (χ4n) is 2.77. The molecule has 2 heteroatoms. The third-order valence-corrected chi connectivity index (χ3v) is 3.80. The van der Waals surface area contributed by atoms with Gasteiger partial charge in [-0.1, -0.05) is 24.3 Å². The van der Waals surface area contributed by atoms with Gasteiger partial charge in [-0.2, -0.15) is 0 Å². The molecule has 0 bridgehead atoms. The Bertz CT molecular complexity index is 747. The Morgan fingerprint density at radius 2 is 1.68 bits per heavy atom. The van der Waals surface area contributed by atoms with E-state index >= 15 is 0 Å². The molecule has 1 heterocycles. The first-order valence-electron chi connectivity index (χ1n) is 6.76. The third kappa shape index (κ3) is 1.83. The average Bonchev–Trinajstić information content (AvgIpc) is 2.70. The van der Waals surface area contributed by atoms with Crippen molar-refractivity contribution in [3.8, 4) is 0 Å². The molecule has 2 nitrogen and oxygen atoms in total. The normalized spacial score (nSPS) is 12.4. The second-order valence-electron chi connectivity index (χ2n) is 5.55. The molecular formula is C17H19NO. The van der Waals surface area contributed by atoms with E-state index in [4.69, 9.17) is 0 Å². The van der Waals surface area contributed by atoms with Crippen LogP contribution in [0.1, 0.15) is 26.3 Å². The maximum atomic E-state index is 10.2. The van der Waals surface area contributed by atoms with Gasteiger partial charge < -0.3 is 9.67 Å². The van der Waals surface area contributed by atoms with Crippen molar-refractivity contribution in [3.63, 3.8) is 0 Å². The number of aliphatic hydroxyl groups is 1. The van der Waals surface area contributed by atoms with Crippen LogP contribution in [0.4, 0.5) is 0 Å². The maximum Gasteiger partial charge on any atom is 0.0840 e.